The van der Waals surface area contributed by atoms with Crippen LogP contribution in [0.4, 0.5) is 0 Å². The molecule has 25 heavy (non-hydrogen) atoms. The molecule has 0 spiro atoms. The summed E-state index contributed by atoms with van der Waals surface area (Å²) < 4.78 is 32.3. The van der Waals surface area contributed by atoms with Crippen LogP contribution in [0.3, 0.4) is 0 Å². The van der Waals surface area contributed by atoms with Gasteiger partial charge in [0.2, 0.25) is 21.7 Å². The molecule has 8 heteroatoms. The highest BCUT2D eigenvalue weighted by molar-refractivity contribution is 7.89. The molecule has 0 aliphatic carbocycles. The monoisotopic (exact) mass is 377 g/mol. The molecule has 0 fully saturated rings. The van der Waals surface area contributed by atoms with Gasteiger partial charge in [0.15, 0.2) is 0 Å². The lowest BCUT2D eigenvalue weighted by Gasteiger charge is -2.07. The van der Waals surface area contributed by atoms with Gasteiger partial charge in [-0.25, -0.2) is 13.1 Å². The number of aryl methyl sites for hydroxylation is 2. The molecule has 0 radical (unpaired) electrons. The first-order valence-electron chi connectivity index (χ1n) is 7.51. The van der Waals surface area contributed by atoms with E-state index in [1.54, 1.807) is 42.5 Å². The molecule has 0 aliphatic rings. The number of aromatic nitrogens is 2. The molecule has 0 bridgehead atoms. The van der Waals surface area contributed by atoms with Crippen LogP contribution in [0.25, 0.3) is 11.4 Å². The Balaban J connectivity index is 1.75. The van der Waals surface area contributed by atoms with Crippen molar-refractivity contribution >= 4 is 21.6 Å². The van der Waals surface area contributed by atoms with E-state index in [1.165, 1.54) is 0 Å². The van der Waals surface area contributed by atoms with Crippen molar-refractivity contribution in [3.8, 4) is 11.4 Å². The van der Waals surface area contributed by atoms with Crippen LogP contribution in [0, 0.1) is 13.8 Å². The maximum absolute atomic E-state index is 12.4. The predicted molar refractivity (Wildman–Crippen MR) is 94.7 cm³/mol. The first-order valence-corrected chi connectivity index (χ1v) is 9.37. The van der Waals surface area contributed by atoms with E-state index in [2.05, 4.69) is 14.9 Å². The van der Waals surface area contributed by atoms with E-state index < -0.39 is 10.0 Å². The summed E-state index contributed by atoms with van der Waals surface area (Å²) in [4.78, 5) is 4.38. The molecule has 1 heterocycles. The van der Waals surface area contributed by atoms with Crippen molar-refractivity contribution in [1.29, 1.82) is 0 Å². The Hall–Kier alpha value is -2.22. The number of halogens is 1. The van der Waals surface area contributed by atoms with Gasteiger partial charge in [0, 0.05) is 5.56 Å². The van der Waals surface area contributed by atoms with Gasteiger partial charge in [0.1, 0.15) is 0 Å². The van der Waals surface area contributed by atoms with Crippen LogP contribution in [0.5, 0.6) is 0 Å². The van der Waals surface area contributed by atoms with Crippen LogP contribution in [0.1, 0.15) is 17.0 Å². The van der Waals surface area contributed by atoms with Gasteiger partial charge in [-0.15, -0.1) is 0 Å². The molecular weight excluding hydrogens is 362 g/mol. The summed E-state index contributed by atoms with van der Waals surface area (Å²) in [6.45, 7) is 3.68. The van der Waals surface area contributed by atoms with Gasteiger partial charge in [0.05, 0.1) is 16.5 Å². The van der Waals surface area contributed by atoms with Gasteiger partial charge in [-0.2, -0.15) is 4.98 Å². The van der Waals surface area contributed by atoms with Gasteiger partial charge < -0.3 is 4.52 Å². The molecule has 2 aromatic carbocycles. The number of benzene rings is 2. The fraction of sp³-hybridized carbons (Fsp3) is 0.176. The lowest BCUT2D eigenvalue weighted by Crippen LogP contribution is -2.23. The van der Waals surface area contributed by atoms with E-state index in [0.29, 0.717) is 16.4 Å². The average molecular weight is 378 g/mol. The third kappa shape index (κ3) is 3.89. The molecule has 0 unspecified atom stereocenters. The first kappa shape index (κ1) is 17.6. The largest absolute Gasteiger partial charge is 0.338 e. The Labute approximate surface area is 150 Å². The van der Waals surface area contributed by atoms with E-state index in [0.717, 1.165) is 11.1 Å². The minimum Gasteiger partial charge on any atom is -0.338 e. The lowest BCUT2D eigenvalue weighted by molar-refractivity contribution is 0.376. The third-order valence-electron chi connectivity index (χ3n) is 3.78. The molecule has 3 aromatic rings. The Bertz CT molecular complexity index is 1020. The highest BCUT2D eigenvalue weighted by atomic mass is 35.5. The second kappa shape index (κ2) is 6.95. The van der Waals surface area contributed by atoms with Gasteiger partial charge >= 0.3 is 0 Å². The van der Waals surface area contributed by atoms with Crippen LogP contribution in [-0.2, 0) is 16.6 Å². The number of nitrogens with one attached hydrogen (secondary N) is 1. The second-order valence-electron chi connectivity index (χ2n) is 5.56. The Kier molecular flexibility index (Phi) is 4.89. The summed E-state index contributed by atoms with van der Waals surface area (Å²) in [5, 5.41) is 4.33. The van der Waals surface area contributed by atoms with Crippen molar-refractivity contribution in [2.75, 3.05) is 0 Å². The fourth-order valence-electron chi connectivity index (χ4n) is 2.20. The predicted octanol–water partition coefficient (Wildman–Crippen LogP) is 3.49. The Morgan fingerprint density at radius 1 is 1.12 bits per heavy atom. The number of sulfonamides is 1. The van der Waals surface area contributed by atoms with Crippen LogP contribution in [-0.4, -0.2) is 18.6 Å². The zero-order chi connectivity index (χ0) is 18.0. The Morgan fingerprint density at radius 2 is 1.88 bits per heavy atom. The van der Waals surface area contributed by atoms with Crippen molar-refractivity contribution in [2.45, 2.75) is 25.3 Å². The molecule has 1 aromatic heterocycles. The molecule has 0 amide bonds. The molecule has 3 rings (SSSR count). The third-order valence-corrected chi connectivity index (χ3v) is 5.51. The topological polar surface area (TPSA) is 85.1 Å². The standard InChI is InChI=1S/C17H16ClN3O3S/c1-11-7-8-13(9-12(11)2)25(22,23)19-10-16-20-17(21-24-16)14-5-3-4-6-15(14)18/h3-9,19H,10H2,1-2H3. The van der Waals surface area contributed by atoms with Crippen LogP contribution in [0.15, 0.2) is 51.9 Å². The number of hydrogen-bond acceptors (Lipinski definition) is 5. The first-order chi connectivity index (χ1) is 11.9. The van der Waals surface area contributed by atoms with Crippen molar-refractivity contribution in [2.24, 2.45) is 0 Å². The summed E-state index contributed by atoms with van der Waals surface area (Å²) in [5.74, 6) is 0.466. The average Bonchev–Trinajstić information content (AvgIpc) is 3.05. The summed E-state index contributed by atoms with van der Waals surface area (Å²) in [5.41, 5.74) is 2.55. The van der Waals surface area contributed by atoms with Crippen molar-refractivity contribution in [3.63, 3.8) is 0 Å². The van der Waals surface area contributed by atoms with E-state index in [1.807, 2.05) is 13.8 Å². The molecule has 6 nitrogen and oxygen atoms in total. The number of hydrogen-bond donors (Lipinski definition) is 1. The lowest BCUT2D eigenvalue weighted by atomic mass is 10.1. The van der Waals surface area contributed by atoms with Crippen LogP contribution < -0.4 is 4.72 Å². The van der Waals surface area contributed by atoms with E-state index >= 15 is 0 Å². The Morgan fingerprint density at radius 3 is 2.60 bits per heavy atom. The SMILES string of the molecule is Cc1ccc(S(=O)(=O)NCc2nc(-c3ccccc3Cl)no2)cc1C. The molecule has 130 valence electrons. The number of nitrogens with zero attached hydrogens (tertiary/aromatic N) is 2. The maximum Gasteiger partial charge on any atom is 0.242 e. The summed E-state index contributed by atoms with van der Waals surface area (Å²) >= 11 is 6.09. The minimum absolute atomic E-state index is 0.104. The van der Waals surface area contributed by atoms with E-state index in [9.17, 15) is 8.42 Å². The zero-order valence-electron chi connectivity index (χ0n) is 13.7. The second-order valence-corrected chi connectivity index (χ2v) is 7.74. The minimum atomic E-state index is -3.67. The van der Waals surface area contributed by atoms with Gasteiger partial charge in [0.25, 0.3) is 0 Å². The van der Waals surface area contributed by atoms with Crippen molar-refractivity contribution in [1.82, 2.24) is 14.9 Å². The molecule has 0 saturated heterocycles. The van der Waals surface area contributed by atoms with Crippen LogP contribution in [0.2, 0.25) is 5.02 Å². The highest BCUT2D eigenvalue weighted by Gasteiger charge is 2.17. The summed E-state index contributed by atoms with van der Waals surface area (Å²) in [6, 6.07) is 12.0. The van der Waals surface area contributed by atoms with Gasteiger partial charge in [-0.1, -0.05) is 35.0 Å². The maximum atomic E-state index is 12.4. The summed E-state index contributed by atoms with van der Waals surface area (Å²) in [6.07, 6.45) is 0. The quantitative estimate of drug-likeness (QED) is 0.735. The number of rotatable bonds is 5. The molecule has 0 saturated carbocycles. The van der Waals surface area contributed by atoms with Gasteiger partial charge in [-0.05, 0) is 49.2 Å². The van der Waals surface area contributed by atoms with E-state index in [-0.39, 0.29) is 17.3 Å². The summed E-state index contributed by atoms with van der Waals surface area (Å²) in [7, 11) is -3.67. The molecular formula is C17H16ClN3O3S. The molecule has 0 atom stereocenters. The van der Waals surface area contributed by atoms with E-state index in [4.69, 9.17) is 16.1 Å². The van der Waals surface area contributed by atoms with Crippen LogP contribution >= 0.6 is 11.6 Å². The molecule has 0 aliphatic heterocycles. The van der Waals surface area contributed by atoms with Crippen molar-refractivity contribution in [3.05, 3.63) is 64.5 Å². The highest BCUT2D eigenvalue weighted by Crippen LogP contribution is 2.25. The van der Waals surface area contributed by atoms with Crippen molar-refractivity contribution < 1.29 is 12.9 Å². The molecule has 1 N–H and O–H groups in total. The van der Waals surface area contributed by atoms with Gasteiger partial charge in [-0.3, -0.25) is 0 Å². The zero-order valence-corrected chi connectivity index (χ0v) is 15.2. The smallest absolute Gasteiger partial charge is 0.242 e. The normalized spacial score (nSPS) is 11.6. The fourth-order valence-corrected chi connectivity index (χ4v) is 3.48.